The minimum atomic E-state index is -0.371. The first kappa shape index (κ1) is 23.8. The van der Waals surface area contributed by atoms with Gasteiger partial charge in [-0.15, -0.1) is 10.2 Å². The second-order valence-electron chi connectivity index (χ2n) is 8.98. The fraction of sp³-hybridized carbons (Fsp3) is 0.360. The van der Waals surface area contributed by atoms with Gasteiger partial charge in [-0.1, -0.05) is 6.92 Å². The first-order valence-corrected chi connectivity index (χ1v) is 12.0. The zero-order valence-corrected chi connectivity index (χ0v) is 20.6. The maximum Gasteiger partial charge on any atom is 0.275 e. The van der Waals surface area contributed by atoms with Crippen molar-refractivity contribution in [3.05, 3.63) is 59.4 Å². The average molecular weight is 488 g/mol. The Bertz CT molecular complexity index is 1400. The van der Waals surface area contributed by atoms with Crippen LogP contribution in [0.25, 0.3) is 22.6 Å². The van der Waals surface area contributed by atoms with Crippen LogP contribution in [0.15, 0.2) is 36.8 Å². The largest absolute Gasteiger partial charge is 0.392 e. The molecule has 1 fully saturated rings. The number of carbonyl (C=O) groups excluding carboxylic acids is 1. The third-order valence-electron chi connectivity index (χ3n) is 6.16. The summed E-state index contributed by atoms with van der Waals surface area (Å²) in [5.74, 6) is 1.08. The van der Waals surface area contributed by atoms with Gasteiger partial charge in [-0.3, -0.25) is 9.48 Å². The number of nitrogens with zero attached hydrogens (tertiary/aromatic N) is 7. The van der Waals surface area contributed by atoms with Crippen LogP contribution < -0.4 is 10.6 Å². The molecule has 4 aromatic rings. The molecule has 0 spiro atoms. The summed E-state index contributed by atoms with van der Waals surface area (Å²) in [6.07, 6.45) is 5.51. The number of aliphatic hydroxyl groups is 1. The van der Waals surface area contributed by atoms with Crippen molar-refractivity contribution >= 4 is 11.7 Å². The number of aromatic nitrogens is 7. The van der Waals surface area contributed by atoms with Gasteiger partial charge in [0.25, 0.3) is 5.91 Å². The molecule has 3 N–H and O–H groups in total. The molecule has 0 bridgehead atoms. The molecule has 4 heterocycles. The second-order valence-corrected chi connectivity index (χ2v) is 8.98. The minimum absolute atomic E-state index is 0.144. The molecule has 1 saturated carbocycles. The van der Waals surface area contributed by atoms with Crippen LogP contribution in [-0.4, -0.2) is 52.1 Å². The minimum Gasteiger partial charge on any atom is -0.392 e. The van der Waals surface area contributed by atoms with Crippen LogP contribution in [0.5, 0.6) is 0 Å². The van der Waals surface area contributed by atoms with Gasteiger partial charge in [-0.05, 0) is 49.2 Å². The Balaban J connectivity index is 1.52. The first-order chi connectivity index (χ1) is 17.5. The van der Waals surface area contributed by atoms with Gasteiger partial charge in [0.05, 0.1) is 29.8 Å². The van der Waals surface area contributed by atoms with Crippen LogP contribution in [-0.2, 0) is 27.2 Å². The van der Waals surface area contributed by atoms with Crippen molar-refractivity contribution in [1.82, 2.24) is 39.8 Å². The molecule has 0 aromatic carbocycles. The summed E-state index contributed by atoms with van der Waals surface area (Å²) >= 11 is 0. The standard InChI is InChI=1S/C25H29N9O2/c1-4-26-11-18-9-17(23-19(12-28-34(23)3)24-32-27-14-33(24)2)10-22(29-18)31-25(36)21-8-15(13-35)7-20(30-21)16-5-6-16/h7-10,12,14,16,26,35H,4-6,11,13H2,1-3H3,(H,29,31,36). The summed E-state index contributed by atoms with van der Waals surface area (Å²) in [7, 11) is 3.74. The zero-order chi connectivity index (χ0) is 25.2. The molecular weight excluding hydrogens is 458 g/mol. The quantitative estimate of drug-likeness (QED) is 0.327. The van der Waals surface area contributed by atoms with E-state index in [1.165, 1.54) is 0 Å². The van der Waals surface area contributed by atoms with E-state index in [2.05, 4.69) is 35.9 Å². The number of pyridine rings is 2. The van der Waals surface area contributed by atoms with E-state index in [0.29, 0.717) is 29.7 Å². The van der Waals surface area contributed by atoms with Crippen molar-refractivity contribution < 1.29 is 9.90 Å². The summed E-state index contributed by atoms with van der Waals surface area (Å²) in [4.78, 5) is 22.4. The molecule has 4 aromatic heterocycles. The van der Waals surface area contributed by atoms with Crippen molar-refractivity contribution in [1.29, 1.82) is 0 Å². The predicted octanol–water partition coefficient (Wildman–Crippen LogP) is 2.40. The summed E-state index contributed by atoms with van der Waals surface area (Å²) in [6.45, 7) is 3.20. The van der Waals surface area contributed by atoms with Gasteiger partial charge in [0.15, 0.2) is 5.82 Å². The lowest BCUT2D eigenvalue weighted by molar-refractivity contribution is 0.102. The zero-order valence-electron chi connectivity index (χ0n) is 20.6. The van der Waals surface area contributed by atoms with Crippen LogP contribution in [0.2, 0.25) is 0 Å². The van der Waals surface area contributed by atoms with E-state index in [-0.39, 0.29) is 18.2 Å². The Morgan fingerprint density at radius 3 is 2.69 bits per heavy atom. The Kier molecular flexibility index (Phi) is 6.57. The molecular formula is C25H29N9O2. The third-order valence-corrected chi connectivity index (χ3v) is 6.16. The van der Waals surface area contributed by atoms with Gasteiger partial charge < -0.3 is 20.3 Å². The van der Waals surface area contributed by atoms with E-state index in [1.54, 1.807) is 23.3 Å². The van der Waals surface area contributed by atoms with E-state index >= 15 is 0 Å². The van der Waals surface area contributed by atoms with Crippen LogP contribution >= 0.6 is 0 Å². The van der Waals surface area contributed by atoms with Crippen LogP contribution in [0.1, 0.15) is 53.1 Å². The van der Waals surface area contributed by atoms with Crippen molar-refractivity contribution in [2.24, 2.45) is 14.1 Å². The van der Waals surface area contributed by atoms with Crippen molar-refractivity contribution in [2.45, 2.75) is 38.8 Å². The number of hydrogen-bond donors (Lipinski definition) is 3. The number of aryl methyl sites for hydroxylation is 2. The molecule has 11 nitrogen and oxygen atoms in total. The number of aliphatic hydroxyl groups excluding tert-OH is 1. The Morgan fingerprint density at radius 2 is 2.00 bits per heavy atom. The first-order valence-electron chi connectivity index (χ1n) is 12.0. The van der Waals surface area contributed by atoms with E-state index in [9.17, 15) is 9.90 Å². The highest BCUT2D eigenvalue weighted by Crippen LogP contribution is 2.39. The lowest BCUT2D eigenvalue weighted by Crippen LogP contribution is -2.18. The topological polar surface area (TPSA) is 136 Å². The van der Waals surface area contributed by atoms with Crippen LogP contribution in [0.4, 0.5) is 5.82 Å². The Labute approximate surface area is 208 Å². The fourth-order valence-corrected chi connectivity index (χ4v) is 4.19. The lowest BCUT2D eigenvalue weighted by atomic mass is 10.1. The predicted molar refractivity (Wildman–Crippen MR) is 134 cm³/mol. The second kappa shape index (κ2) is 9.96. The summed E-state index contributed by atoms with van der Waals surface area (Å²) < 4.78 is 3.61. The highest BCUT2D eigenvalue weighted by Gasteiger charge is 2.27. The number of rotatable bonds is 9. The number of nitrogens with one attached hydrogen (secondary N) is 2. The SMILES string of the molecule is CCNCc1cc(-c2c(-c3nncn3C)cnn2C)cc(NC(=O)c2cc(CO)cc(C3CC3)n2)n1. The molecule has 1 aliphatic carbocycles. The van der Waals surface area contributed by atoms with Gasteiger partial charge >= 0.3 is 0 Å². The van der Waals surface area contributed by atoms with Gasteiger partial charge in [0.1, 0.15) is 17.8 Å². The molecule has 11 heteroatoms. The number of amides is 1. The molecule has 0 atom stereocenters. The Hall–Kier alpha value is -3.96. The van der Waals surface area contributed by atoms with Crippen molar-refractivity contribution in [3.8, 4) is 22.6 Å². The molecule has 5 rings (SSSR count). The van der Waals surface area contributed by atoms with E-state index < -0.39 is 0 Å². The van der Waals surface area contributed by atoms with Crippen LogP contribution in [0.3, 0.4) is 0 Å². The van der Waals surface area contributed by atoms with Crippen LogP contribution in [0, 0.1) is 0 Å². The molecule has 186 valence electrons. The molecule has 0 aliphatic heterocycles. The highest BCUT2D eigenvalue weighted by molar-refractivity contribution is 6.02. The van der Waals surface area contributed by atoms with Gasteiger partial charge in [-0.25, -0.2) is 9.97 Å². The average Bonchev–Trinajstić information content (AvgIpc) is 3.54. The van der Waals surface area contributed by atoms with Crippen molar-refractivity contribution in [3.63, 3.8) is 0 Å². The molecule has 0 unspecified atom stereocenters. The highest BCUT2D eigenvalue weighted by atomic mass is 16.3. The maximum absolute atomic E-state index is 13.2. The summed E-state index contributed by atoms with van der Waals surface area (Å²) in [6, 6.07) is 7.29. The van der Waals surface area contributed by atoms with E-state index in [1.807, 2.05) is 43.8 Å². The fourth-order valence-electron chi connectivity index (χ4n) is 4.19. The molecule has 1 aliphatic rings. The van der Waals surface area contributed by atoms with Crippen molar-refractivity contribution in [2.75, 3.05) is 11.9 Å². The maximum atomic E-state index is 13.2. The molecule has 0 radical (unpaired) electrons. The van der Waals surface area contributed by atoms with Gasteiger partial charge in [0, 0.05) is 37.8 Å². The molecule has 1 amide bonds. The molecule has 0 saturated heterocycles. The van der Waals surface area contributed by atoms with Gasteiger partial charge in [-0.2, -0.15) is 5.10 Å². The lowest BCUT2D eigenvalue weighted by Gasteiger charge is -2.13. The van der Waals surface area contributed by atoms with E-state index in [0.717, 1.165) is 47.6 Å². The molecule has 36 heavy (non-hydrogen) atoms. The van der Waals surface area contributed by atoms with E-state index in [4.69, 9.17) is 0 Å². The smallest absolute Gasteiger partial charge is 0.275 e. The Morgan fingerprint density at radius 1 is 1.17 bits per heavy atom. The normalized spacial score (nSPS) is 13.2. The monoisotopic (exact) mass is 487 g/mol. The summed E-state index contributed by atoms with van der Waals surface area (Å²) in [5.41, 5.74) is 5.05. The summed E-state index contributed by atoms with van der Waals surface area (Å²) in [5, 5.41) is 28.6. The third kappa shape index (κ3) is 4.88. The number of hydrogen-bond acceptors (Lipinski definition) is 8. The number of carbonyl (C=O) groups is 1. The number of anilines is 1. The van der Waals surface area contributed by atoms with Gasteiger partial charge in [0.2, 0.25) is 0 Å².